The number of hydrogen-bond acceptors (Lipinski definition) is 3. The monoisotopic (exact) mass is 297 g/mol. The third-order valence-electron chi connectivity index (χ3n) is 3.61. The van der Waals surface area contributed by atoms with E-state index in [9.17, 15) is 4.79 Å². The van der Waals surface area contributed by atoms with E-state index in [1.807, 2.05) is 37.3 Å². The molecule has 0 aliphatic heterocycles. The molecule has 0 saturated heterocycles. The average molecular weight is 297 g/mol. The molecule has 0 aliphatic rings. The molecule has 0 atom stereocenters. The fourth-order valence-electron chi connectivity index (χ4n) is 2.32. The highest BCUT2D eigenvalue weighted by Crippen LogP contribution is 2.14. The van der Waals surface area contributed by atoms with Crippen molar-refractivity contribution < 1.29 is 4.79 Å². The van der Waals surface area contributed by atoms with Crippen molar-refractivity contribution in [1.29, 1.82) is 0 Å². The summed E-state index contributed by atoms with van der Waals surface area (Å²) in [5.41, 5.74) is 3.27. The van der Waals surface area contributed by atoms with Crippen LogP contribution in [0.3, 0.4) is 0 Å². The van der Waals surface area contributed by atoms with Gasteiger partial charge in [0.1, 0.15) is 5.69 Å². The number of rotatable bonds is 6. The van der Waals surface area contributed by atoms with E-state index in [1.54, 1.807) is 6.07 Å². The average Bonchev–Trinajstić information content (AvgIpc) is 2.53. The highest BCUT2D eigenvalue weighted by molar-refractivity contribution is 6.02. The number of amides is 1. The Labute approximate surface area is 132 Å². The van der Waals surface area contributed by atoms with Crippen molar-refractivity contribution in [2.45, 2.75) is 27.3 Å². The smallest absolute Gasteiger partial charge is 0.274 e. The SMILES string of the molecule is CCN(CC)Cc1cccc(NC(=O)c2cccc(C)n2)c1. The fraction of sp³-hybridized carbons (Fsp3) is 0.333. The van der Waals surface area contributed by atoms with Gasteiger partial charge in [0.05, 0.1) is 0 Å². The molecule has 2 rings (SSSR count). The van der Waals surface area contributed by atoms with Crippen LogP contribution >= 0.6 is 0 Å². The van der Waals surface area contributed by atoms with Crippen molar-refractivity contribution in [1.82, 2.24) is 9.88 Å². The summed E-state index contributed by atoms with van der Waals surface area (Å²) >= 11 is 0. The van der Waals surface area contributed by atoms with E-state index in [1.165, 1.54) is 5.56 Å². The maximum Gasteiger partial charge on any atom is 0.274 e. The van der Waals surface area contributed by atoms with Crippen molar-refractivity contribution in [2.24, 2.45) is 0 Å². The van der Waals surface area contributed by atoms with Crippen molar-refractivity contribution in [3.63, 3.8) is 0 Å². The van der Waals surface area contributed by atoms with E-state index < -0.39 is 0 Å². The van der Waals surface area contributed by atoms with E-state index in [2.05, 4.69) is 35.1 Å². The number of nitrogens with one attached hydrogen (secondary N) is 1. The molecule has 1 heterocycles. The number of anilines is 1. The molecule has 4 nitrogen and oxygen atoms in total. The highest BCUT2D eigenvalue weighted by atomic mass is 16.1. The van der Waals surface area contributed by atoms with Gasteiger partial charge in [-0.2, -0.15) is 0 Å². The zero-order chi connectivity index (χ0) is 15.9. The zero-order valence-corrected chi connectivity index (χ0v) is 13.5. The van der Waals surface area contributed by atoms with E-state index in [4.69, 9.17) is 0 Å². The quantitative estimate of drug-likeness (QED) is 0.888. The van der Waals surface area contributed by atoms with Crippen LogP contribution in [0.2, 0.25) is 0 Å². The van der Waals surface area contributed by atoms with Gasteiger partial charge in [-0.15, -0.1) is 0 Å². The molecular formula is C18H23N3O. The second-order valence-electron chi connectivity index (χ2n) is 5.28. The first-order valence-corrected chi connectivity index (χ1v) is 7.68. The largest absolute Gasteiger partial charge is 0.321 e. The minimum Gasteiger partial charge on any atom is -0.321 e. The molecule has 0 spiro atoms. The van der Waals surface area contributed by atoms with Crippen LogP contribution in [0.1, 0.15) is 35.6 Å². The first-order valence-electron chi connectivity index (χ1n) is 7.68. The van der Waals surface area contributed by atoms with E-state index in [-0.39, 0.29) is 5.91 Å². The number of hydrogen-bond donors (Lipinski definition) is 1. The molecule has 1 amide bonds. The predicted molar refractivity (Wildman–Crippen MR) is 90.0 cm³/mol. The molecule has 0 saturated carbocycles. The van der Waals surface area contributed by atoms with Gasteiger partial charge in [0, 0.05) is 17.9 Å². The van der Waals surface area contributed by atoms with Gasteiger partial charge in [-0.05, 0) is 49.8 Å². The van der Waals surface area contributed by atoms with Gasteiger partial charge in [-0.25, -0.2) is 4.98 Å². The Hall–Kier alpha value is -2.20. The van der Waals surface area contributed by atoms with Crippen LogP contribution in [-0.4, -0.2) is 28.9 Å². The van der Waals surface area contributed by atoms with E-state index >= 15 is 0 Å². The number of carbonyl (C=O) groups excluding carboxylic acids is 1. The molecule has 116 valence electrons. The Kier molecular flexibility index (Phi) is 5.67. The first-order chi connectivity index (χ1) is 10.6. The van der Waals surface area contributed by atoms with Gasteiger partial charge < -0.3 is 5.32 Å². The van der Waals surface area contributed by atoms with Crippen molar-refractivity contribution in [3.05, 3.63) is 59.4 Å². The summed E-state index contributed by atoms with van der Waals surface area (Å²) < 4.78 is 0. The van der Waals surface area contributed by atoms with Gasteiger partial charge in [0.15, 0.2) is 0 Å². The third-order valence-corrected chi connectivity index (χ3v) is 3.61. The lowest BCUT2D eigenvalue weighted by Gasteiger charge is -2.18. The minimum atomic E-state index is -0.177. The van der Waals surface area contributed by atoms with Crippen LogP contribution in [0.15, 0.2) is 42.5 Å². The fourth-order valence-corrected chi connectivity index (χ4v) is 2.32. The van der Waals surface area contributed by atoms with Crippen molar-refractivity contribution >= 4 is 11.6 Å². The Balaban J connectivity index is 2.08. The molecule has 0 unspecified atom stereocenters. The molecule has 2 aromatic rings. The summed E-state index contributed by atoms with van der Waals surface area (Å²) in [7, 11) is 0. The van der Waals surface area contributed by atoms with Gasteiger partial charge in [0.2, 0.25) is 0 Å². The van der Waals surface area contributed by atoms with Crippen molar-refractivity contribution in [2.75, 3.05) is 18.4 Å². The second-order valence-corrected chi connectivity index (χ2v) is 5.28. The molecule has 0 radical (unpaired) electrons. The first kappa shape index (κ1) is 16.2. The molecular weight excluding hydrogens is 274 g/mol. The number of aromatic nitrogens is 1. The normalized spacial score (nSPS) is 10.7. The van der Waals surface area contributed by atoms with E-state index in [0.29, 0.717) is 5.69 Å². The summed E-state index contributed by atoms with van der Waals surface area (Å²) in [6.45, 7) is 9.10. The van der Waals surface area contributed by atoms with Crippen LogP contribution < -0.4 is 5.32 Å². The summed E-state index contributed by atoms with van der Waals surface area (Å²) in [6.07, 6.45) is 0. The topological polar surface area (TPSA) is 45.2 Å². The predicted octanol–water partition coefficient (Wildman–Crippen LogP) is 3.48. The molecule has 1 N–H and O–H groups in total. The molecule has 1 aromatic heterocycles. The number of benzene rings is 1. The molecule has 0 fully saturated rings. The second kappa shape index (κ2) is 7.71. The van der Waals surface area contributed by atoms with Crippen LogP contribution in [-0.2, 0) is 6.54 Å². The maximum absolute atomic E-state index is 12.2. The van der Waals surface area contributed by atoms with Gasteiger partial charge in [0.25, 0.3) is 5.91 Å². The number of pyridine rings is 1. The third kappa shape index (κ3) is 4.40. The van der Waals surface area contributed by atoms with Crippen molar-refractivity contribution in [3.8, 4) is 0 Å². The van der Waals surface area contributed by atoms with Crippen LogP contribution in [0, 0.1) is 6.92 Å². The summed E-state index contributed by atoms with van der Waals surface area (Å²) in [4.78, 5) is 18.8. The Morgan fingerprint density at radius 2 is 1.86 bits per heavy atom. The van der Waals surface area contributed by atoms with Crippen LogP contribution in [0.25, 0.3) is 0 Å². The van der Waals surface area contributed by atoms with E-state index in [0.717, 1.165) is 31.0 Å². The molecule has 4 heteroatoms. The van der Waals surface area contributed by atoms with Gasteiger partial charge in [-0.3, -0.25) is 9.69 Å². The Morgan fingerprint density at radius 3 is 2.55 bits per heavy atom. The zero-order valence-electron chi connectivity index (χ0n) is 13.5. The molecule has 1 aromatic carbocycles. The Bertz CT molecular complexity index is 636. The molecule has 0 aliphatic carbocycles. The lowest BCUT2D eigenvalue weighted by atomic mass is 10.2. The number of aryl methyl sites for hydroxylation is 1. The van der Waals surface area contributed by atoms with Gasteiger partial charge in [-0.1, -0.05) is 32.0 Å². The lowest BCUT2D eigenvalue weighted by molar-refractivity contribution is 0.102. The standard InChI is InChI=1S/C18H23N3O/c1-4-21(5-2)13-15-9-7-10-16(12-15)20-18(22)17-11-6-8-14(3)19-17/h6-12H,4-5,13H2,1-3H3,(H,20,22). The summed E-state index contributed by atoms with van der Waals surface area (Å²) in [5.74, 6) is -0.177. The maximum atomic E-state index is 12.2. The molecule has 22 heavy (non-hydrogen) atoms. The number of nitrogens with zero attached hydrogens (tertiary/aromatic N) is 2. The summed E-state index contributed by atoms with van der Waals surface area (Å²) in [6, 6.07) is 13.4. The molecule has 0 bridgehead atoms. The lowest BCUT2D eigenvalue weighted by Crippen LogP contribution is -2.22. The highest BCUT2D eigenvalue weighted by Gasteiger charge is 2.08. The number of carbonyl (C=O) groups is 1. The van der Waals surface area contributed by atoms with Gasteiger partial charge >= 0.3 is 0 Å². The summed E-state index contributed by atoms with van der Waals surface area (Å²) in [5, 5.41) is 2.92. The Morgan fingerprint density at radius 1 is 1.14 bits per heavy atom. The van der Waals surface area contributed by atoms with Crippen LogP contribution in [0.5, 0.6) is 0 Å². The van der Waals surface area contributed by atoms with Crippen LogP contribution in [0.4, 0.5) is 5.69 Å². The minimum absolute atomic E-state index is 0.177.